The Labute approximate surface area is 142 Å². The molecule has 1 nitrogen and oxygen atoms in total. The first kappa shape index (κ1) is 18.5. The van der Waals surface area contributed by atoms with Crippen LogP contribution in [0.3, 0.4) is 0 Å². The predicted octanol–water partition coefficient (Wildman–Crippen LogP) is 6.95. The van der Waals surface area contributed by atoms with E-state index in [-0.39, 0.29) is 0 Å². The topological polar surface area (TPSA) is 23.8 Å². The molecule has 0 heterocycles. The molecule has 0 amide bonds. The molecule has 0 saturated heterocycles. The van der Waals surface area contributed by atoms with Gasteiger partial charge in [0, 0.05) is 0 Å². The first-order valence-electron chi connectivity index (χ1n) is 9.97. The fourth-order valence-corrected chi connectivity index (χ4v) is 4.70. The van der Waals surface area contributed by atoms with Crippen molar-refractivity contribution in [2.24, 2.45) is 23.7 Å². The van der Waals surface area contributed by atoms with Gasteiger partial charge in [-0.15, -0.1) is 0 Å². The number of rotatable bonds is 7. The lowest BCUT2D eigenvalue weighted by Crippen LogP contribution is -2.18. The zero-order chi connectivity index (χ0) is 16.5. The quantitative estimate of drug-likeness (QED) is 0.466. The highest BCUT2D eigenvalue weighted by Crippen LogP contribution is 2.38. The number of allylic oxidation sites excluding steroid dienone is 2. The van der Waals surface area contributed by atoms with Crippen molar-refractivity contribution in [1.82, 2.24) is 0 Å². The summed E-state index contributed by atoms with van der Waals surface area (Å²) in [6, 6.07) is 1.56. The molecule has 0 atom stereocenters. The van der Waals surface area contributed by atoms with E-state index in [1.807, 2.05) is 0 Å². The van der Waals surface area contributed by atoms with Crippen molar-refractivity contribution < 1.29 is 4.39 Å². The summed E-state index contributed by atoms with van der Waals surface area (Å²) in [7, 11) is 0. The summed E-state index contributed by atoms with van der Waals surface area (Å²) in [6.45, 7) is 2.34. The van der Waals surface area contributed by atoms with E-state index in [9.17, 15) is 4.39 Å². The minimum atomic E-state index is -0.614. The molecule has 0 N–H and O–H groups in total. The van der Waals surface area contributed by atoms with Gasteiger partial charge in [-0.2, -0.15) is 9.65 Å². The molecule has 23 heavy (non-hydrogen) atoms. The Hall–Kier alpha value is -0.840. The second-order valence-corrected chi connectivity index (χ2v) is 8.00. The van der Waals surface area contributed by atoms with Gasteiger partial charge in [-0.1, -0.05) is 77.6 Å². The Balaban J connectivity index is 1.56. The van der Waals surface area contributed by atoms with E-state index in [1.54, 1.807) is 6.07 Å². The van der Waals surface area contributed by atoms with Crippen LogP contribution in [0.2, 0.25) is 0 Å². The van der Waals surface area contributed by atoms with Gasteiger partial charge in [-0.25, -0.2) is 0 Å². The second kappa shape index (κ2) is 10.1. The molecule has 2 fully saturated rings. The minimum Gasteiger partial charge on any atom is -0.195 e. The number of nitrogens with zero attached hydrogens (tertiary/aromatic N) is 1. The van der Waals surface area contributed by atoms with Crippen molar-refractivity contribution in [2.45, 2.75) is 90.4 Å². The molecule has 0 aromatic heterocycles. The number of nitriles is 1. The summed E-state index contributed by atoms with van der Waals surface area (Å²) in [5.41, 5.74) is 0. The van der Waals surface area contributed by atoms with Crippen LogP contribution in [-0.2, 0) is 0 Å². The average Bonchev–Trinajstić information content (AvgIpc) is 2.61. The molecule has 2 saturated carbocycles. The zero-order valence-corrected chi connectivity index (χ0v) is 14.9. The summed E-state index contributed by atoms with van der Waals surface area (Å²) in [5.74, 6) is 3.11. The van der Waals surface area contributed by atoms with Crippen LogP contribution in [0.15, 0.2) is 11.9 Å². The van der Waals surface area contributed by atoms with E-state index in [4.69, 9.17) is 5.26 Å². The van der Waals surface area contributed by atoms with Crippen molar-refractivity contribution in [3.05, 3.63) is 11.9 Å². The van der Waals surface area contributed by atoms with Crippen molar-refractivity contribution in [3.8, 4) is 6.07 Å². The van der Waals surface area contributed by atoms with Gasteiger partial charge in [0.15, 0.2) is 5.83 Å². The number of hydrogen-bond acceptors (Lipinski definition) is 1. The van der Waals surface area contributed by atoms with Gasteiger partial charge < -0.3 is 0 Å². The van der Waals surface area contributed by atoms with Crippen LogP contribution in [0.5, 0.6) is 0 Å². The van der Waals surface area contributed by atoms with Crippen LogP contribution in [0.1, 0.15) is 90.4 Å². The minimum absolute atomic E-state index is 0.614. The highest BCUT2D eigenvalue weighted by Gasteiger charge is 2.24. The smallest absolute Gasteiger partial charge is 0.195 e. The molecule has 2 rings (SSSR count). The zero-order valence-electron chi connectivity index (χ0n) is 14.9. The molecule has 0 aromatic rings. The molecule has 2 heteroatoms. The highest BCUT2D eigenvalue weighted by molar-refractivity contribution is 5.11. The Morgan fingerprint density at radius 3 is 1.74 bits per heavy atom. The molecular formula is C21H34FN. The van der Waals surface area contributed by atoms with Crippen LogP contribution >= 0.6 is 0 Å². The molecule has 130 valence electrons. The van der Waals surface area contributed by atoms with Crippen LogP contribution in [0.4, 0.5) is 4.39 Å². The summed E-state index contributed by atoms with van der Waals surface area (Å²) >= 11 is 0. The van der Waals surface area contributed by atoms with E-state index in [0.29, 0.717) is 0 Å². The van der Waals surface area contributed by atoms with E-state index in [1.165, 1.54) is 76.7 Å². The maximum absolute atomic E-state index is 12.8. The summed E-state index contributed by atoms with van der Waals surface area (Å²) in [5, 5.41) is 8.41. The Kier molecular flexibility index (Phi) is 8.13. The number of hydrogen-bond donors (Lipinski definition) is 0. The standard InChI is InChI=1S/C21H34FN/c1-2-17-6-8-19(9-7-17)14-15-20-12-10-18(11-13-20)4-3-5-21(22)16-23/h5,17-20H,2-4,6-15H2,1H3/b21-5-/t17-,18-,19-,20-. The van der Waals surface area contributed by atoms with E-state index in [0.717, 1.165) is 36.5 Å². The maximum Gasteiger partial charge on any atom is 0.196 e. The molecule has 2 aliphatic carbocycles. The SMILES string of the molecule is CC[C@H]1CC[C@H](CC[C@H]2CC[C@H](CC/C=C(\F)C#N)CC2)CC1. The van der Waals surface area contributed by atoms with Gasteiger partial charge in [0.05, 0.1) is 0 Å². The van der Waals surface area contributed by atoms with Crippen molar-refractivity contribution >= 4 is 0 Å². The van der Waals surface area contributed by atoms with Gasteiger partial charge in [0.2, 0.25) is 0 Å². The molecule has 0 spiro atoms. The highest BCUT2D eigenvalue weighted by atomic mass is 19.1. The molecule has 0 aliphatic heterocycles. The monoisotopic (exact) mass is 319 g/mol. The third-order valence-electron chi connectivity index (χ3n) is 6.50. The molecule has 0 radical (unpaired) electrons. The predicted molar refractivity (Wildman–Crippen MR) is 94.5 cm³/mol. The largest absolute Gasteiger partial charge is 0.196 e. The Bertz CT molecular complexity index is 393. The maximum atomic E-state index is 12.8. The fourth-order valence-electron chi connectivity index (χ4n) is 4.70. The molecule has 0 bridgehead atoms. The first-order chi connectivity index (χ1) is 11.2. The number of halogens is 1. The second-order valence-electron chi connectivity index (χ2n) is 8.00. The van der Waals surface area contributed by atoms with Crippen molar-refractivity contribution in [3.63, 3.8) is 0 Å². The van der Waals surface area contributed by atoms with Gasteiger partial charge in [0.25, 0.3) is 0 Å². The van der Waals surface area contributed by atoms with Crippen LogP contribution in [0.25, 0.3) is 0 Å². The average molecular weight is 320 g/mol. The van der Waals surface area contributed by atoms with E-state index < -0.39 is 5.83 Å². The van der Waals surface area contributed by atoms with Gasteiger partial charge >= 0.3 is 0 Å². The lowest BCUT2D eigenvalue weighted by molar-refractivity contribution is 0.212. The van der Waals surface area contributed by atoms with Crippen LogP contribution < -0.4 is 0 Å². The van der Waals surface area contributed by atoms with Crippen molar-refractivity contribution in [2.75, 3.05) is 0 Å². The summed E-state index contributed by atoms with van der Waals surface area (Å²) in [6.07, 6.45) is 18.8. The first-order valence-corrected chi connectivity index (χ1v) is 9.97. The lowest BCUT2D eigenvalue weighted by Gasteiger charge is -2.31. The third-order valence-corrected chi connectivity index (χ3v) is 6.50. The van der Waals surface area contributed by atoms with E-state index in [2.05, 4.69) is 6.92 Å². The molecule has 0 unspecified atom stereocenters. The third kappa shape index (κ3) is 6.66. The Morgan fingerprint density at radius 2 is 1.30 bits per heavy atom. The van der Waals surface area contributed by atoms with E-state index >= 15 is 0 Å². The molecule has 0 aromatic carbocycles. The van der Waals surface area contributed by atoms with Gasteiger partial charge in [0.1, 0.15) is 6.07 Å². The summed E-state index contributed by atoms with van der Waals surface area (Å²) in [4.78, 5) is 0. The normalized spacial score (nSPS) is 32.5. The van der Waals surface area contributed by atoms with Crippen molar-refractivity contribution in [1.29, 1.82) is 5.26 Å². The Morgan fingerprint density at radius 1 is 0.870 bits per heavy atom. The lowest BCUT2D eigenvalue weighted by atomic mass is 9.74. The molecule has 2 aliphatic rings. The summed E-state index contributed by atoms with van der Waals surface area (Å²) < 4.78 is 12.8. The fraction of sp³-hybridized carbons (Fsp3) is 0.857. The van der Waals surface area contributed by atoms with Gasteiger partial charge in [-0.3, -0.25) is 0 Å². The van der Waals surface area contributed by atoms with Crippen LogP contribution in [0, 0.1) is 35.0 Å². The van der Waals surface area contributed by atoms with Crippen LogP contribution in [-0.4, -0.2) is 0 Å². The van der Waals surface area contributed by atoms with Gasteiger partial charge in [-0.05, 0) is 42.6 Å². The molecular weight excluding hydrogens is 285 g/mol.